The Hall–Kier alpha value is -0.0800. The molecule has 2 fully saturated rings. The van der Waals surface area contributed by atoms with Crippen molar-refractivity contribution in [1.29, 1.82) is 0 Å². The highest BCUT2D eigenvalue weighted by molar-refractivity contribution is 5.07. The van der Waals surface area contributed by atoms with E-state index in [0.717, 1.165) is 18.5 Å². The molecule has 2 aliphatic carbocycles. The van der Waals surface area contributed by atoms with Crippen molar-refractivity contribution in [2.24, 2.45) is 17.1 Å². The van der Waals surface area contributed by atoms with Crippen LogP contribution in [0.15, 0.2) is 0 Å². The monoisotopic (exact) mass is 224 g/mol. The molecule has 0 aromatic heterocycles. The van der Waals surface area contributed by atoms with Gasteiger partial charge in [0, 0.05) is 18.1 Å². The Morgan fingerprint density at radius 1 is 1.25 bits per heavy atom. The molecule has 0 radical (unpaired) electrons. The molecule has 2 saturated carbocycles. The highest BCUT2D eigenvalue weighted by Gasteiger charge is 2.48. The Morgan fingerprint density at radius 2 is 2.00 bits per heavy atom. The minimum atomic E-state index is 0.210. The molecule has 0 aromatic carbocycles. The lowest BCUT2D eigenvalue weighted by Crippen LogP contribution is -2.60. The summed E-state index contributed by atoms with van der Waals surface area (Å²) in [5.74, 6) is 0.900. The van der Waals surface area contributed by atoms with Crippen LogP contribution in [-0.2, 0) is 0 Å². The molecule has 0 aromatic rings. The predicted octanol–water partition coefficient (Wildman–Crippen LogP) is 2.67. The van der Waals surface area contributed by atoms with Gasteiger partial charge in [-0.1, -0.05) is 27.2 Å². The van der Waals surface area contributed by atoms with E-state index in [1.165, 1.54) is 38.5 Å². The average Bonchev–Trinajstić information content (AvgIpc) is 2.73. The zero-order valence-electron chi connectivity index (χ0n) is 11.2. The fourth-order valence-corrected chi connectivity index (χ4v) is 3.84. The maximum Gasteiger partial charge on any atom is 0.0357 e. The van der Waals surface area contributed by atoms with Crippen LogP contribution >= 0.6 is 0 Å². The van der Waals surface area contributed by atoms with Crippen LogP contribution in [0.3, 0.4) is 0 Å². The molecule has 16 heavy (non-hydrogen) atoms. The topological polar surface area (TPSA) is 38.0 Å². The Kier molecular flexibility index (Phi) is 3.33. The van der Waals surface area contributed by atoms with E-state index in [0.29, 0.717) is 5.41 Å². The molecule has 2 aliphatic rings. The first-order valence-corrected chi connectivity index (χ1v) is 6.97. The van der Waals surface area contributed by atoms with E-state index in [4.69, 9.17) is 5.73 Å². The SMILES string of the molecule is CC1CCC(NC2(CN)CCCC2(C)C)C1. The number of nitrogens with one attached hydrogen (secondary N) is 1. The fraction of sp³-hybridized carbons (Fsp3) is 1.00. The molecule has 0 bridgehead atoms. The van der Waals surface area contributed by atoms with E-state index in [1.807, 2.05) is 0 Å². The van der Waals surface area contributed by atoms with Gasteiger partial charge < -0.3 is 11.1 Å². The Bertz CT molecular complexity index is 249. The third kappa shape index (κ3) is 2.02. The number of hydrogen-bond acceptors (Lipinski definition) is 2. The summed E-state index contributed by atoms with van der Waals surface area (Å²) in [5, 5.41) is 3.94. The largest absolute Gasteiger partial charge is 0.329 e. The second-order valence-electron chi connectivity index (χ2n) is 6.78. The molecule has 3 N–H and O–H groups in total. The second-order valence-corrected chi connectivity index (χ2v) is 6.78. The minimum absolute atomic E-state index is 0.210. The zero-order valence-corrected chi connectivity index (χ0v) is 11.2. The molecular weight excluding hydrogens is 196 g/mol. The summed E-state index contributed by atoms with van der Waals surface area (Å²) < 4.78 is 0. The number of hydrogen-bond donors (Lipinski definition) is 2. The van der Waals surface area contributed by atoms with Crippen molar-refractivity contribution in [2.75, 3.05) is 6.54 Å². The first-order valence-electron chi connectivity index (χ1n) is 6.97. The van der Waals surface area contributed by atoms with Crippen LogP contribution in [0.25, 0.3) is 0 Å². The van der Waals surface area contributed by atoms with Gasteiger partial charge in [-0.3, -0.25) is 0 Å². The molecule has 94 valence electrons. The minimum Gasteiger partial charge on any atom is -0.329 e. The molecular formula is C14H28N2. The predicted molar refractivity (Wildman–Crippen MR) is 69.4 cm³/mol. The van der Waals surface area contributed by atoms with Crippen LogP contribution in [0, 0.1) is 11.3 Å². The number of nitrogens with two attached hydrogens (primary N) is 1. The molecule has 2 nitrogen and oxygen atoms in total. The van der Waals surface area contributed by atoms with Crippen molar-refractivity contribution in [3.63, 3.8) is 0 Å². The molecule has 0 aliphatic heterocycles. The van der Waals surface area contributed by atoms with Gasteiger partial charge in [-0.15, -0.1) is 0 Å². The maximum absolute atomic E-state index is 6.09. The van der Waals surface area contributed by atoms with Crippen LogP contribution in [-0.4, -0.2) is 18.1 Å². The standard InChI is InChI=1S/C14H28N2/c1-11-5-6-12(9-11)16-14(10-15)8-4-7-13(14,2)3/h11-12,16H,4-10,15H2,1-3H3. The Labute approximate surface area is 100 Å². The number of rotatable bonds is 3. The molecule has 2 rings (SSSR count). The van der Waals surface area contributed by atoms with Gasteiger partial charge in [0.15, 0.2) is 0 Å². The van der Waals surface area contributed by atoms with E-state index in [9.17, 15) is 0 Å². The molecule has 0 amide bonds. The third-order valence-electron chi connectivity index (χ3n) is 5.22. The Morgan fingerprint density at radius 3 is 2.44 bits per heavy atom. The highest BCUT2D eigenvalue weighted by atomic mass is 15.1. The second kappa shape index (κ2) is 4.30. The lowest BCUT2D eigenvalue weighted by Gasteiger charge is -2.44. The van der Waals surface area contributed by atoms with Gasteiger partial charge in [0.2, 0.25) is 0 Å². The smallest absolute Gasteiger partial charge is 0.0357 e. The van der Waals surface area contributed by atoms with Crippen LogP contribution in [0.2, 0.25) is 0 Å². The van der Waals surface area contributed by atoms with Gasteiger partial charge in [0.25, 0.3) is 0 Å². The van der Waals surface area contributed by atoms with Gasteiger partial charge >= 0.3 is 0 Å². The lowest BCUT2D eigenvalue weighted by atomic mass is 9.74. The van der Waals surface area contributed by atoms with E-state index in [2.05, 4.69) is 26.1 Å². The van der Waals surface area contributed by atoms with Crippen molar-refractivity contribution in [2.45, 2.75) is 70.9 Å². The first kappa shape index (κ1) is 12.4. The van der Waals surface area contributed by atoms with Gasteiger partial charge in [-0.05, 0) is 43.4 Å². The summed E-state index contributed by atoms with van der Waals surface area (Å²) in [4.78, 5) is 0. The molecule has 0 spiro atoms. The van der Waals surface area contributed by atoms with Gasteiger partial charge in [-0.25, -0.2) is 0 Å². The van der Waals surface area contributed by atoms with Crippen LogP contribution in [0.4, 0.5) is 0 Å². The maximum atomic E-state index is 6.09. The molecule has 2 heteroatoms. The quantitative estimate of drug-likeness (QED) is 0.773. The normalized spacial score (nSPS) is 42.8. The van der Waals surface area contributed by atoms with Crippen molar-refractivity contribution in [3.8, 4) is 0 Å². The first-order chi connectivity index (χ1) is 7.49. The summed E-state index contributed by atoms with van der Waals surface area (Å²) in [6.45, 7) is 7.94. The third-order valence-corrected chi connectivity index (χ3v) is 5.22. The Balaban J connectivity index is 2.05. The van der Waals surface area contributed by atoms with E-state index >= 15 is 0 Å². The molecule has 0 saturated heterocycles. The van der Waals surface area contributed by atoms with Gasteiger partial charge in [-0.2, -0.15) is 0 Å². The molecule has 3 atom stereocenters. The fourth-order valence-electron chi connectivity index (χ4n) is 3.84. The summed E-state index contributed by atoms with van der Waals surface area (Å²) in [7, 11) is 0. The van der Waals surface area contributed by atoms with E-state index < -0.39 is 0 Å². The lowest BCUT2D eigenvalue weighted by molar-refractivity contribution is 0.145. The summed E-state index contributed by atoms with van der Waals surface area (Å²) in [6, 6.07) is 0.718. The zero-order chi connectivity index (χ0) is 11.8. The van der Waals surface area contributed by atoms with Crippen LogP contribution in [0.5, 0.6) is 0 Å². The molecule has 3 unspecified atom stereocenters. The van der Waals surface area contributed by atoms with Crippen molar-refractivity contribution in [3.05, 3.63) is 0 Å². The van der Waals surface area contributed by atoms with Gasteiger partial charge in [0.05, 0.1) is 0 Å². The summed E-state index contributed by atoms with van der Waals surface area (Å²) in [5.41, 5.74) is 6.67. The highest BCUT2D eigenvalue weighted by Crippen LogP contribution is 2.46. The van der Waals surface area contributed by atoms with E-state index in [1.54, 1.807) is 0 Å². The van der Waals surface area contributed by atoms with Crippen LogP contribution < -0.4 is 11.1 Å². The van der Waals surface area contributed by atoms with E-state index in [-0.39, 0.29) is 5.54 Å². The summed E-state index contributed by atoms with van der Waals surface area (Å²) >= 11 is 0. The van der Waals surface area contributed by atoms with Gasteiger partial charge in [0.1, 0.15) is 0 Å². The molecule has 0 heterocycles. The van der Waals surface area contributed by atoms with Crippen molar-refractivity contribution >= 4 is 0 Å². The van der Waals surface area contributed by atoms with Crippen LogP contribution in [0.1, 0.15) is 59.3 Å². The van der Waals surface area contributed by atoms with Crippen molar-refractivity contribution < 1.29 is 0 Å². The summed E-state index contributed by atoms with van der Waals surface area (Å²) in [6.07, 6.45) is 8.00. The average molecular weight is 224 g/mol. The van der Waals surface area contributed by atoms with Crippen molar-refractivity contribution in [1.82, 2.24) is 5.32 Å².